The van der Waals surface area contributed by atoms with Crippen molar-refractivity contribution < 1.29 is 4.74 Å². The summed E-state index contributed by atoms with van der Waals surface area (Å²) in [6.07, 6.45) is 0.0670. The highest BCUT2D eigenvalue weighted by atomic mass is 35.5. The number of hydrogen-bond acceptors (Lipinski definition) is 1. The summed E-state index contributed by atoms with van der Waals surface area (Å²) >= 11 is 6.09. The van der Waals surface area contributed by atoms with Crippen LogP contribution in [0.5, 0.6) is 0 Å². The fourth-order valence-electron chi connectivity index (χ4n) is 1.11. The molecule has 0 saturated heterocycles. The number of halogens is 1. The summed E-state index contributed by atoms with van der Waals surface area (Å²) in [5.74, 6) is 0. The minimum Gasteiger partial charge on any atom is -0.377 e. The van der Waals surface area contributed by atoms with Gasteiger partial charge in [-0.25, -0.2) is 0 Å². The molecule has 0 aliphatic rings. The van der Waals surface area contributed by atoms with Crippen LogP contribution in [0.4, 0.5) is 0 Å². The number of methoxy groups -OCH3 is 1. The summed E-state index contributed by atoms with van der Waals surface area (Å²) < 4.78 is 5.19. The summed E-state index contributed by atoms with van der Waals surface area (Å²) in [5.41, 5.74) is 2.15. The van der Waals surface area contributed by atoms with E-state index in [1.54, 1.807) is 7.11 Å². The first-order valence-corrected chi connectivity index (χ1v) is 4.32. The van der Waals surface area contributed by atoms with Gasteiger partial charge in [0.05, 0.1) is 6.10 Å². The van der Waals surface area contributed by atoms with Crippen LogP contribution in [0.2, 0.25) is 5.02 Å². The van der Waals surface area contributed by atoms with Gasteiger partial charge in [0.2, 0.25) is 0 Å². The van der Waals surface area contributed by atoms with Gasteiger partial charge in [-0.15, -0.1) is 0 Å². The smallest absolute Gasteiger partial charge is 0.0807 e. The topological polar surface area (TPSA) is 9.23 Å². The predicted molar refractivity (Wildman–Crippen MR) is 51.6 cm³/mol. The van der Waals surface area contributed by atoms with E-state index in [0.717, 1.165) is 16.1 Å². The highest BCUT2D eigenvalue weighted by Gasteiger charge is 2.08. The first kappa shape index (κ1) is 9.56. The van der Waals surface area contributed by atoms with Crippen LogP contribution in [-0.4, -0.2) is 7.11 Å². The van der Waals surface area contributed by atoms with Crippen molar-refractivity contribution >= 4 is 11.6 Å². The van der Waals surface area contributed by atoms with Crippen LogP contribution in [0.25, 0.3) is 0 Å². The average molecular weight is 185 g/mol. The molecule has 0 fully saturated rings. The van der Waals surface area contributed by atoms with E-state index < -0.39 is 0 Å². The van der Waals surface area contributed by atoms with E-state index in [1.807, 2.05) is 32.0 Å². The molecule has 0 amide bonds. The Labute approximate surface area is 78.3 Å². The van der Waals surface area contributed by atoms with Crippen LogP contribution in [0.3, 0.4) is 0 Å². The number of hydrogen-bond donors (Lipinski definition) is 0. The fraction of sp³-hybridized carbons (Fsp3) is 0.400. The molecule has 0 N–H and O–H groups in total. The normalized spacial score (nSPS) is 13.0. The van der Waals surface area contributed by atoms with E-state index in [-0.39, 0.29) is 6.10 Å². The lowest BCUT2D eigenvalue weighted by atomic mass is 10.1. The molecule has 0 radical (unpaired) electrons. The van der Waals surface area contributed by atoms with Crippen molar-refractivity contribution in [3.63, 3.8) is 0 Å². The first-order valence-electron chi connectivity index (χ1n) is 3.94. The van der Waals surface area contributed by atoms with E-state index in [9.17, 15) is 0 Å². The fourth-order valence-corrected chi connectivity index (χ4v) is 1.39. The molecule has 1 atom stereocenters. The molecule has 1 aromatic carbocycles. The number of rotatable bonds is 2. The lowest BCUT2D eigenvalue weighted by Crippen LogP contribution is -1.97. The molecule has 0 aliphatic carbocycles. The zero-order valence-electron chi connectivity index (χ0n) is 7.60. The summed E-state index contributed by atoms with van der Waals surface area (Å²) in [4.78, 5) is 0. The van der Waals surface area contributed by atoms with Gasteiger partial charge in [0.1, 0.15) is 0 Å². The molecule has 0 spiro atoms. The van der Waals surface area contributed by atoms with E-state index in [2.05, 4.69) is 0 Å². The average Bonchev–Trinajstić information content (AvgIpc) is 2.08. The van der Waals surface area contributed by atoms with Crippen molar-refractivity contribution in [2.24, 2.45) is 0 Å². The molecular weight excluding hydrogens is 172 g/mol. The molecule has 0 heterocycles. The van der Waals surface area contributed by atoms with Crippen LogP contribution in [0.15, 0.2) is 18.2 Å². The summed E-state index contributed by atoms with van der Waals surface area (Å²) in [5, 5.41) is 0.812. The van der Waals surface area contributed by atoms with E-state index >= 15 is 0 Å². The van der Waals surface area contributed by atoms with Crippen LogP contribution in [0, 0.1) is 6.92 Å². The van der Waals surface area contributed by atoms with Crippen molar-refractivity contribution in [2.75, 3.05) is 7.11 Å². The monoisotopic (exact) mass is 184 g/mol. The Bertz CT molecular complexity index is 271. The van der Waals surface area contributed by atoms with Crippen LogP contribution < -0.4 is 0 Å². The molecule has 0 aromatic heterocycles. The van der Waals surface area contributed by atoms with Gasteiger partial charge in [0.25, 0.3) is 0 Å². The molecule has 1 nitrogen and oxygen atoms in total. The summed E-state index contributed by atoms with van der Waals surface area (Å²) in [6, 6.07) is 5.98. The molecule has 2 heteroatoms. The lowest BCUT2D eigenvalue weighted by Gasteiger charge is -2.12. The van der Waals surface area contributed by atoms with Gasteiger partial charge in [-0.2, -0.15) is 0 Å². The molecule has 66 valence electrons. The predicted octanol–water partition coefficient (Wildman–Crippen LogP) is 3.36. The van der Waals surface area contributed by atoms with Gasteiger partial charge in [-0.3, -0.25) is 0 Å². The third-order valence-corrected chi connectivity index (χ3v) is 2.53. The van der Waals surface area contributed by atoms with Crippen LogP contribution >= 0.6 is 11.6 Å². The zero-order chi connectivity index (χ0) is 9.14. The Morgan fingerprint density at radius 1 is 1.42 bits per heavy atom. The quantitative estimate of drug-likeness (QED) is 0.685. The number of aryl methyl sites for hydroxylation is 1. The standard InChI is InChI=1S/C10H13ClO/c1-7-5-4-6-9(10(7)11)8(2)12-3/h4-6,8H,1-3H3. The maximum absolute atomic E-state index is 6.09. The Kier molecular flexibility index (Phi) is 3.12. The van der Waals surface area contributed by atoms with E-state index in [1.165, 1.54) is 0 Å². The second-order valence-electron chi connectivity index (χ2n) is 2.86. The van der Waals surface area contributed by atoms with Gasteiger partial charge >= 0.3 is 0 Å². The summed E-state index contributed by atoms with van der Waals surface area (Å²) in [7, 11) is 1.68. The highest BCUT2D eigenvalue weighted by Crippen LogP contribution is 2.27. The van der Waals surface area contributed by atoms with Crippen molar-refractivity contribution in [1.29, 1.82) is 0 Å². The van der Waals surface area contributed by atoms with Gasteiger partial charge in [0.15, 0.2) is 0 Å². The maximum atomic E-state index is 6.09. The number of ether oxygens (including phenoxy) is 1. The van der Waals surface area contributed by atoms with Gasteiger partial charge in [-0.1, -0.05) is 29.8 Å². The Morgan fingerprint density at radius 3 is 2.67 bits per heavy atom. The number of benzene rings is 1. The largest absolute Gasteiger partial charge is 0.377 e. The molecular formula is C10H13ClO. The highest BCUT2D eigenvalue weighted by molar-refractivity contribution is 6.32. The van der Waals surface area contributed by atoms with Crippen molar-refractivity contribution in [3.8, 4) is 0 Å². The minimum atomic E-state index is 0.0670. The zero-order valence-corrected chi connectivity index (χ0v) is 8.35. The third kappa shape index (κ3) is 1.79. The van der Waals surface area contributed by atoms with Gasteiger partial charge in [0, 0.05) is 12.1 Å². The Balaban J connectivity index is 3.07. The van der Waals surface area contributed by atoms with Gasteiger partial charge < -0.3 is 4.74 Å². The molecule has 12 heavy (non-hydrogen) atoms. The van der Waals surface area contributed by atoms with E-state index in [4.69, 9.17) is 16.3 Å². The third-order valence-electron chi connectivity index (χ3n) is 2.01. The van der Waals surface area contributed by atoms with Crippen LogP contribution in [0.1, 0.15) is 24.2 Å². The van der Waals surface area contributed by atoms with Crippen molar-refractivity contribution in [3.05, 3.63) is 34.3 Å². The second kappa shape index (κ2) is 3.92. The maximum Gasteiger partial charge on any atom is 0.0807 e. The molecule has 0 saturated carbocycles. The summed E-state index contributed by atoms with van der Waals surface area (Å²) in [6.45, 7) is 3.98. The molecule has 0 bridgehead atoms. The minimum absolute atomic E-state index is 0.0670. The van der Waals surface area contributed by atoms with Crippen molar-refractivity contribution in [2.45, 2.75) is 20.0 Å². The van der Waals surface area contributed by atoms with Crippen LogP contribution in [-0.2, 0) is 4.74 Å². The van der Waals surface area contributed by atoms with Crippen molar-refractivity contribution in [1.82, 2.24) is 0 Å². The SMILES string of the molecule is COC(C)c1cccc(C)c1Cl. The lowest BCUT2D eigenvalue weighted by molar-refractivity contribution is 0.119. The Morgan fingerprint density at radius 2 is 2.08 bits per heavy atom. The molecule has 1 rings (SSSR count). The van der Waals surface area contributed by atoms with E-state index in [0.29, 0.717) is 0 Å². The molecule has 1 aromatic rings. The Hall–Kier alpha value is -0.530. The first-order chi connectivity index (χ1) is 5.66. The molecule has 1 unspecified atom stereocenters. The molecule has 0 aliphatic heterocycles. The second-order valence-corrected chi connectivity index (χ2v) is 3.23. The van der Waals surface area contributed by atoms with Gasteiger partial charge in [-0.05, 0) is 25.0 Å².